The van der Waals surface area contributed by atoms with Gasteiger partial charge in [0.2, 0.25) is 5.91 Å². The summed E-state index contributed by atoms with van der Waals surface area (Å²) in [5, 5.41) is 0. The van der Waals surface area contributed by atoms with Gasteiger partial charge in [-0.1, -0.05) is 0 Å². The minimum Gasteiger partial charge on any atom is -0.378 e. The van der Waals surface area contributed by atoms with Crippen LogP contribution in [-0.2, 0) is 14.3 Å². The zero-order valence-electron chi connectivity index (χ0n) is 9.72. The Balaban J connectivity index is 1.96. The Hall–Kier alpha value is -0.650. The van der Waals surface area contributed by atoms with Crippen molar-refractivity contribution in [2.75, 3.05) is 32.9 Å². The molecule has 3 atom stereocenters. The van der Waals surface area contributed by atoms with Gasteiger partial charge in [-0.15, -0.1) is 0 Å². The van der Waals surface area contributed by atoms with E-state index in [1.165, 1.54) is 0 Å². The molecule has 1 amide bonds. The lowest BCUT2D eigenvalue weighted by atomic mass is 10.0. The Morgan fingerprint density at radius 1 is 1.50 bits per heavy atom. The molecule has 0 aromatic carbocycles. The van der Waals surface area contributed by atoms with Gasteiger partial charge in [0.05, 0.1) is 37.9 Å². The van der Waals surface area contributed by atoms with Crippen molar-refractivity contribution in [1.29, 1.82) is 0 Å². The Morgan fingerprint density at radius 3 is 2.94 bits per heavy atom. The molecule has 2 heterocycles. The largest absolute Gasteiger partial charge is 0.378 e. The van der Waals surface area contributed by atoms with E-state index in [1.54, 1.807) is 0 Å². The second-order valence-electron chi connectivity index (χ2n) is 4.57. The van der Waals surface area contributed by atoms with Gasteiger partial charge in [-0.3, -0.25) is 4.79 Å². The van der Waals surface area contributed by atoms with Crippen molar-refractivity contribution in [1.82, 2.24) is 4.90 Å². The summed E-state index contributed by atoms with van der Waals surface area (Å²) in [4.78, 5) is 14.1. The van der Waals surface area contributed by atoms with Gasteiger partial charge in [-0.05, 0) is 13.3 Å². The molecule has 0 aromatic rings. The molecule has 2 fully saturated rings. The molecule has 0 aromatic heterocycles. The summed E-state index contributed by atoms with van der Waals surface area (Å²) < 4.78 is 10.8. The Bertz CT molecular complexity index is 260. The van der Waals surface area contributed by atoms with Crippen LogP contribution >= 0.6 is 0 Å². The van der Waals surface area contributed by atoms with Crippen LogP contribution in [0.2, 0.25) is 0 Å². The highest BCUT2D eigenvalue weighted by atomic mass is 16.5. The first-order valence-electron chi connectivity index (χ1n) is 5.92. The molecule has 3 unspecified atom stereocenters. The smallest absolute Gasteiger partial charge is 0.228 e. The lowest BCUT2D eigenvalue weighted by Crippen LogP contribution is -2.53. The third kappa shape index (κ3) is 2.36. The fraction of sp³-hybridized carbons (Fsp3) is 0.909. The van der Waals surface area contributed by atoms with Gasteiger partial charge in [-0.2, -0.15) is 0 Å². The van der Waals surface area contributed by atoms with Crippen LogP contribution in [0.3, 0.4) is 0 Å². The molecule has 2 aliphatic rings. The van der Waals surface area contributed by atoms with Gasteiger partial charge in [0.15, 0.2) is 0 Å². The molecule has 0 saturated carbocycles. The first-order valence-corrected chi connectivity index (χ1v) is 5.92. The Labute approximate surface area is 95.9 Å². The number of carbonyl (C=O) groups is 1. The van der Waals surface area contributed by atoms with Crippen LogP contribution < -0.4 is 5.73 Å². The summed E-state index contributed by atoms with van der Waals surface area (Å²) in [6.07, 6.45) is 1.03. The highest BCUT2D eigenvalue weighted by Crippen LogP contribution is 2.22. The summed E-state index contributed by atoms with van der Waals surface area (Å²) in [5.74, 6) is 0.199. The van der Waals surface area contributed by atoms with Gasteiger partial charge in [-0.25, -0.2) is 0 Å². The van der Waals surface area contributed by atoms with E-state index in [0.717, 1.165) is 6.42 Å². The monoisotopic (exact) mass is 228 g/mol. The van der Waals surface area contributed by atoms with Gasteiger partial charge >= 0.3 is 0 Å². The van der Waals surface area contributed by atoms with Crippen molar-refractivity contribution in [3.05, 3.63) is 0 Å². The van der Waals surface area contributed by atoms with Crippen molar-refractivity contribution in [2.24, 2.45) is 11.7 Å². The minimum atomic E-state index is 0.0159. The molecular weight excluding hydrogens is 208 g/mol. The fourth-order valence-corrected chi connectivity index (χ4v) is 2.36. The first-order chi connectivity index (χ1) is 7.72. The van der Waals surface area contributed by atoms with E-state index in [-0.39, 0.29) is 24.0 Å². The SMILES string of the molecule is CC1CC(C(=O)N2CCOCC2CN)CO1. The van der Waals surface area contributed by atoms with Crippen molar-refractivity contribution < 1.29 is 14.3 Å². The standard InChI is InChI=1S/C11H20N2O3/c1-8-4-9(6-16-8)11(14)13-2-3-15-7-10(13)5-12/h8-10H,2-7,12H2,1H3. The van der Waals surface area contributed by atoms with Gasteiger partial charge in [0, 0.05) is 13.1 Å². The maximum atomic E-state index is 12.3. The quantitative estimate of drug-likeness (QED) is 0.698. The number of nitrogens with two attached hydrogens (primary N) is 1. The average molecular weight is 228 g/mol. The van der Waals surface area contributed by atoms with E-state index in [2.05, 4.69) is 0 Å². The number of rotatable bonds is 2. The molecule has 2 saturated heterocycles. The van der Waals surface area contributed by atoms with E-state index in [0.29, 0.717) is 32.9 Å². The summed E-state index contributed by atoms with van der Waals surface area (Å²) in [7, 11) is 0. The number of carbonyl (C=O) groups excluding carboxylic acids is 1. The molecular formula is C11H20N2O3. The lowest BCUT2D eigenvalue weighted by Gasteiger charge is -2.36. The van der Waals surface area contributed by atoms with E-state index in [9.17, 15) is 4.79 Å². The van der Waals surface area contributed by atoms with Crippen LogP contribution in [-0.4, -0.2) is 55.9 Å². The molecule has 2 rings (SSSR count). The van der Waals surface area contributed by atoms with Crippen molar-refractivity contribution in [2.45, 2.75) is 25.5 Å². The van der Waals surface area contributed by atoms with Crippen LogP contribution in [0.25, 0.3) is 0 Å². The first kappa shape index (κ1) is 11.8. The van der Waals surface area contributed by atoms with E-state index < -0.39 is 0 Å². The number of nitrogens with zero attached hydrogens (tertiary/aromatic N) is 1. The Morgan fingerprint density at radius 2 is 2.31 bits per heavy atom. The molecule has 0 aliphatic carbocycles. The van der Waals surface area contributed by atoms with Crippen LogP contribution in [0, 0.1) is 5.92 Å². The highest BCUT2D eigenvalue weighted by molar-refractivity contribution is 5.79. The summed E-state index contributed by atoms with van der Waals surface area (Å²) in [6.45, 7) is 4.86. The molecule has 0 bridgehead atoms. The fourth-order valence-electron chi connectivity index (χ4n) is 2.36. The second-order valence-corrected chi connectivity index (χ2v) is 4.57. The zero-order valence-corrected chi connectivity index (χ0v) is 9.72. The number of hydrogen-bond donors (Lipinski definition) is 1. The zero-order chi connectivity index (χ0) is 11.5. The summed E-state index contributed by atoms with van der Waals surface area (Å²) >= 11 is 0. The third-order valence-electron chi connectivity index (χ3n) is 3.33. The van der Waals surface area contributed by atoms with Crippen LogP contribution in [0.15, 0.2) is 0 Å². The van der Waals surface area contributed by atoms with Crippen LogP contribution in [0.1, 0.15) is 13.3 Å². The number of hydrogen-bond acceptors (Lipinski definition) is 4. The van der Waals surface area contributed by atoms with E-state index in [1.807, 2.05) is 11.8 Å². The van der Waals surface area contributed by atoms with E-state index >= 15 is 0 Å². The molecule has 16 heavy (non-hydrogen) atoms. The average Bonchev–Trinajstić information content (AvgIpc) is 2.75. The Kier molecular flexibility index (Phi) is 3.78. The van der Waals surface area contributed by atoms with Crippen LogP contribution in [0.4, 0.5) is 0 Å². The van der Waals surface area contributed by atoms with Crippen molar-refractivity contribution >= 4 is 5.91 Å². The predicted molar refractivity (Wildman–Crippen MR) is 58.9 cm³/mol. The van der Waals surface area contributed by atoms with Crippen molar-refractivity contribution in [3.8, 4) is 0 Å². The highest BCUT2D eigenvalue weighted by Gasteiger charge is 2.35. The topological polar surface area (TPSA) is 64.8 Å². The number of ether oxygens (including phenoxy) is 2. The molecule has 5 heteroatoms. The third-order valence-corrected chi connectivity index (χ3v) is 3.33. The van der Waals surface area contributed by atoms with Crippen molar-refractivity contribution in [3.63, 3.8) is 0 Å². The van der Waals surface area contributed by atoms with Gasteiger partial charge in [0.25, 0.3) is 0 Å². The summed E-state index contributed by atoms with van der Waals surface area (Å²) in [5.41, 5.74) is 5.65. The molecule has 92 valence electrons. The molecule has 5 nitrogen and oxygen atoms in total. The second kappa shape index (κ2) is 5.12. The molecule has 0 spiro atoms. The van der Waals surface area contributed by atoms with E-state index in [4.69, 9.17) is 15.2 Å². The summed E-state index contributed by atoms with van der Waals surface area (Å²) in [6, 6.07) is 0.0390. The number of amides is 1. The predicted octanol–water partition coefficient (Wildman–Crippen LogP) is -0.402. The van der Waals surface area contributed by atoms with Crippen LogP contribution in [0.5, 0.6) is 0 Å². The minimum absolute atomic E-state index is 0.0159. The maximum absolute atomic E-state index is 12.3. The van der Waals surface area contributed by atoms with Gasteiger partial charge < -0.3 is 20.1 Å². The lowest BCUT2D eigenvalue weighted by molar-refractivity contribution is -0.143. The molecule has 2 N–H and O–H groups in total. The molecule has 0 radical (unpaired) electrons. The normalized spacial score (nSPS) is 35.4. The number of morpholine rings is 1. The molecule has 2 aliphatic heterocycles. The maximum Gasteiger partial charge on any atom is 0.228 e. The van der Waals surface area contributed by atoms with Gasteiger partial charge in [0.1, 0.15) is 0 Å².